The van der Waals surface area contributed by atoms with Gasteiger partial charge in [-0.05, 0) is 30.3 Å². The highest BCUT2D eigenvalue weighted by Gasteiger charge is 2.18. The molecule has 0 radical (unpaired) electrons. The Morgan fingerprint density at radius 3 is 3.27 bits per heavy atom. The molecule has 1 fully saturated rings. The van der Waals surface area contributed by atoms with Gasteiger partial charge in [0.2, 0.25) is 0 Å². The van der Waals surface area contributed by atoms with E-state index in [1.54, 1.807) is 0 Å². The molecule has 1 aromatic rings. The van der Waals surface area contributed by atoms with E-state index in [0.717, 1.165) is 18.9 Å². The van der Waals surface area contributed by atoms with Crippen LogP contribution in [0.1, 0.15) is 31.5 Å². The lowest BCUT2D eigenvalue weighted by atomic mass is 10.1. The highest BCUT2D eigenvalue weighted by atomic mass is 32.2. The quantitative estimate of drug-likeness (QED) is 0.853. The minimum absolute atomic E-state index is 0.140. The van der Waals surface area contributed by atoms with Crippen LogP contribution >= 0.6 is 11.8 Å². The maximum Gasteiger partial charge on any atom is 0.0948 e. The molecule has 1 unspecified atom stereocenters. The summed E-state index contributed by atoms with van der Waals surface area (Å²) in [5.41, 5.74) is 7.24. The molecule has 1 saturated heterocycles. The van der Waals surface area contributed by atoms with Gasteiger partial charge in [0.05, 0.1) is 12.0 Å². The molecule has 0 bridgehead atoms. The Hall–Kier alpha value is -0.480. The van der Waals surface area contributed by atoms with E-state index in [1.165, 1.54) is 23.6 Å². The van der Waals surface area contributed by atoms with Gasteiger partial charge in [-0.15, -0.1) is 0 Å². The monoisotopic (exact) mass is 225 g/mol. The van der Waals surface area contributed by atoms with Crippen LogP contribution in [0.15, 0.2) is 12.5 Å². The van der Waals surface area contributed by atoms with Gasteiger partial charge in [0.1, 0.15) is 0 Å². The van der Waals surface area contributed by atoms with E-state index in [-0.39, 0.29) is 6.04 Å². The van der Waals surface area contributed by atoms with Crippen LogP contribution in [0.2, 0.25) is 0 Å². The Labute approximate surface area is 95.4 Å². The van der Waals surface area contributed by atoms with E-state index in [2.05, 4.69) is 28.2 Å². The number of aromatic nitrogens is 2. The van der Waals surface area contributed by atoms with E-state index < -0.39 is 0 Å². The van der Waals surface area contributed by atoms with Crippen molar-refractivity contribution in [1.29, 1.82) is 0 Å². The maximum absolute atomic E-state index is 6.05. The van der Waals surface area contributed by atoms with Crippen LogP contribution in [-0.2, 0) is 6.54 Å². The van der Waals surface area contributed by atoms with Crippen molar-refractivity contribution in [2.75, 3.05) is 11.5 Å². The fraction of sp³-hybridized carbons (Fsp3) is 0.727. The standard InChI is InChI=1S/C11H19N3S/c1-2-10(12)11-5-13-8-14(11)6-9-3-4-15-7-9/h5,8-10H,2-4,6-7,12H2,1H3/t9?,10-/m1/s1. The van der Waals surface area contributed by atoms with Crippen molar-refractivity contribution < 1.29 is 0 Å². The third kappa shape index (κ3) is 2.55. The second kappa shape index (κ2) is 5.03. The zero-order chi connectivity index (χ0) is 10.7. The van der Waals surface area contributed by atoms with Gasteiger partial charge >= 0.3 is 0 Å². The molecule has 0 amide bonds. The van der Waals surface area contributed by atoms with Gasteiger partial charge in [-0.1, -0.05) is 6.92 Å². The molecule has 1 aliphatic rings. The van der Waals surface area contributed by atoms with E-state index >= 15 is 0 Å². The molecule has 2 N–H and O–H groups in total. The van der Waals surface area contributed by atoms with Crippen molar-refractivity contribution in [3.63, 3.8) is 0 Å². The lowest BCUT2D eigenvalue weighted by Crippen LogP contribution is -2.17. The predicted molar refractivity (Wildman–Crippen MR) is 64.9 cm³/mol. The number of rotatable bonds is 4. The highest BCUT2D eigenvalue weighted by Crippen LogP contribution is 2.26. The van der Waals surface area contributed by atoms with Crippen LogP contribution in [0.25, 0.3) is 0 Å². The van der Waals surface area contributed by atoms with Crippen molar-refractivity contribution in [2.24, 2.45) is 11.7 Å². The summed E-state index contributed by atoms with van der Waals surface area (Å²) < 4.78 is 2.24. The summed E-state index contributed by atoms with van der Waals surface area (Å²) in [7, 11) is 0. The van der Waals surface area contributed by atoms with Gasteiger partial charge in [-0.3, -0.25) is 0 Å². The van der Waals surface area contributed by atoms with E-state index in [0.29, 0.717) is 0 Å². The Bertz CT molecular complexity index is 305. The van der Waals surface area contributed by atoms with E-state index in [1.807, 2.05) is 12.5 Å². The molecule has 1 aliphatic heterocycles. The van der Waals surface area contributed by atoms with Crippen LogP contribution in [0.3, 0.4) is 0 Å². The molecule has 3 nitrogen and oxygen atoms in total. The number of hydrogen-bond donors (Lipinski definition) is 1. The number of hydrogen-bond acceptors (Lipinski definition) is 3. The van der Waals surface area contributed by atoms with Crippen molar-refractivity contribution in [2.45, 2.75) is 32.4 Å². The summed E-state index contributed by atoms with van der Waals surface area (Å²) >= 11 is 2.06. The summed E-state index contributed by atoms with van der Waals surface area (Å²) in [5.74, 6) is 3.42. The SMILES string of the molecule is CC[C@@H](N)c1cncn1CC1CCSC1. The predicted octanol–water partition coefficient (Wildman–Crippen LogP) is 2.05. The molecule has 4 heteroatoms. The molecule has 0 aliphatic carbocycles. The molecular formula is C11H19N3S. The number of thioether (sulfide) groups is 1. The van der Waals surface area contributed by atoms with Gasteiger partial charge in [-0.25, -0.2) is 4.98 Å². The minimum atomic E-state index is 0.140. The summed E-state index contributed by atoms with van der Waals surface area (Å²) in [4.78, 5) is 4.21. The topological polar surface area (TPSA) is 43.8 Å². The molecule has 84 valence electrons. The summed E-state index contributed by atoms with van der Waals surface area (Å²) in [6.07, 6.45) is 6.15. The van der Waals surface area contributed by atoms with Crippen molar-refractivity contribution in [1.82, 2.24) is 9.55 Å². The van der Waals surface area contributed by atoms with Gasteiger partial charge in [0.15, 0.2) is 0 Å². The zero-order valence-electron chi connectivity index (χ0n) is 9.22. The average molecular weight is 225 g/mol. The van der Waals surface area contributed by atoms with Gasteiger partial charge in [-0.2, -0.15) is 11.8 Å². The first kappa shape index (κ1) is 11.0. The fourth-order valence-corrected chi connectivity index (χ4v) is 3.28. The highest BCUT2D eigenvalue weighted by molar-refractivity contribution is 7.99. The van der Waals surface area contributed by atoms with Crippen LogP contribution in [0.5, 0.6) is 0 Å². The largest absolute Gasteiger partial charge is 0.333 e. The summed E-state index contributed by atoms with van der Waals surface area (Å²) in [6, 6.07) is 0.140. The molecule has 15 heavy (non-hydrogen) atoms. The van der Waals surface area contributed by atoms with Crippen LogP contribution < -0.4 is 5.73 Å². The smallest absolute Gasteiger partial charge is 0.0948 e. The Morgan fingerprint density at radius 1 is 1.73 bits per heavy atom. The third-order valence-corrected chi connectivity index (χ3v) is 4.27. The van der Waals surface area contributed by atoms with Crippen molar-refractivity contribution in [3.05, 3.63) is 18.2 Å². The maximum atomic E-state index is 6.05. The Balaban J connectivity index is 2.03. The first-order valence-corrected chi connectivity index (χ1v) is 6.80. The summed E-state index contributed by atoms with van der Waals surface area (Å²) in [6.45, 7) is 3.21. The third-order valence-electron chi connectivity index (χ3n) is 3.04. The fourth-order valence-electron chi connectivity index (χ4n) is 2.01. The lowest BCUT2D eigenvalue weighted by Gasteiger charge is -2.15. The first-order chi connectivity index (χ1) is 7.31. The molecular weight excluding hydrogens is 206 g/mol. The molecule has 1 aromatic heterocycles. The van der Waals surface area contributed by atoms with Gasteiger partial charge in [0.25, 0.3) is 0 Å². The first-order valence-electron chi connectivity index (χ1n) is 5.64. The molecule has 0 aromatic carbocycles. The normalized spacial score (nSPS) is 23.2. The van der Waals surface area contributed by atoms with Crippen molar-refractivity contribution >= 4 is 11.8 Å². The molecule has 2 atom stereocenters. The average Bonchev–Trinajstić information content (AvgIpc) is 2.88. The minimum Gasteiger partial charge on any atom is -0.333 e. The lowest BCUT2D eigenvalue weighted by molar-refractivity contribution is 0.468. The molecule has 0 saturated carbocycles. The van der Waals surface area contributed by atoms with Crippen molar-refractivity contribution in [3.8, 4) is 0 Å². The number of nitrogens with two attached hydrogens (primary N) is 1. The summed E-state index contributed by atoms with van der Waals surface area (Å²) in [5, 5.41) is 0. The van der Waals surface area contributed by atoms with Gasteiger partial charge in [0, 0.05) is 18.8 Å². The Kier molecular flexibility index (Phi) is 3.70. The second-order valence-electron chi connectivity index (χ2n) is 4.22. The molecule has 2 rings (SSSR count). The molecule has 2 heterocycles. The number of nitrogens with zero attached hydrogens (tertiary/aromatic N) is 2. The Morgan fingerprint density at radius 2 is 2.60 bits per heavy atom. The van der Waals surface area contributed by atoms with E-state index in [4.69, 9.17) is 5.73 Å². The van der Waals surface area contributed by atoms with Gasteiger partial charge < -0.3 is 10.3 Å². The zero-order valence-corrected chi connectivity index (χ0v) is 10.0. The number of imidazole rings is 1. The van der Waals surface area contributed by atoms with Crippen LogP contribution in [-0.4, -0.2) is 21.1 Å². The van der Waals surface area contributed by atoms with Crippen LogP contribution in [0.4, 0.5) is 0 Å². The van der Waals surface area contributed by atoms with Crippen LogP contribution in [0, 0.1) is 5.92 Å². The molecule has 0 spiro atoms. The van der Waals surface area contributed by atoms with E-state index in [9.17, 15) is 0 Å². The second-order valence-corrected chi connectivity index (χ2v) is 5.37.